The summed E-state index contributed by atoms with van der Waals surface area (Å²) >= 11 is 0. The van der Waals surface area contributed by atoms with Crippen LogP contribution in [0.1, 0.15) is 26.3 Å². The van der Waals surface area contributed by atoms with E-state index in [1.807, 2.05) is 0 Å². The highest BCUT2D eigenvalue weighted by molar-refractivity contribution is 6.07. The second-order valence-corrected chi connectivity index (χ2v) is 4.45. The molecule has 0 unspecified atom stereocenters. The van der Waals surface area contributed by atoms with Gasteiger partial charge in [-0.25, -0.2) is 4.79 Å². The number of benzene rings is 2. The minimum Gasteiger partial charge on any atom is -0.508 e. The van der Waals surface area contributed by atoms with E-state index in [0.29, 0.717) is 11.1 Å². The number of carboxylic acid groups (broad SMARTS) is 1. The lowest BCUT2D eigenvalue weighted by atomic mass is 9.92. The van der Waals surface area contributed by atoms with E-state index in [0.717, 1.165) is 0 Å². The van der Waals surface area contributed by atoms with Crippen molar-refractivity contribution in [3.63, 3.8) is 0 Å². The van der Waals surface area contributed by atoms with Gasteiger partial charge in [0, 0.05) is 11.1 Å². The number of carbonyl (C=O) groups is 2. The van der Waals surface area contributed by atoms with Crippen LogP contribution < -0.4 is 5.73 Å². The smallest absolute Gasteiger partial charge is 0.336 e. The van der Waals surface area contributed by atoms with Crippen LogP contribution in [0.25, 0.3) is 11.1 Å². The summed E-state index contributed by atoms with van der Waals surface area (Å²) in [5, 5.41) is 18.6. The summed E-state index contributed by atoms with van der Waals surface area (Å²) in [7, 11) is 0. The number of phenols is 1. The van der Waals surface area contributed by atoms with Gasteiger partial charge in [0.15, 0.2) is 0 Å². The number of aromatic hydroxyl groups is 1. The number of hydrogen-bond acceptors (Lipinski definition) is 3. The first-order valence-electron chi connectivity index (χ1n) is 5.87. The molecular weight excluding hydrogens is 258 g/mol. The number of hydrogen-bond donors (Lipinski definition) is 3. The number of carbonyl (C=O) groups excluding carboxylic acids is 1. The molecule has 0 aromatic heterocycles. The van der Waals surface area contributed by atoms with Crippen molar-refractivity contribution in [2.75, 3.05) is 0 Å². The van der Waals surface area contributed by atoms with Crippen molar-refractivity contribution in [2.24, 2.45) is 5.73 Å². The maximum atomic E-state index is 11.6. The molecule has 2 rings (SSSR count). The van der Waals surface area contributed by atoms with E-state index in [1.165, 1.54) is 18.2 Å². The molecular formula is C15H13NO4. The molecule has 0 aliphatic rings. The standard InChI is InChI=1S/C15H13NO4/c1-8-6-11(14(16)18)13(12(7-8)15(19)20)9-2-4-10(17)5-3-9/h2-7,17H,1H3,(H2,16,18)(H,19,20). The fourth-order valence-corrected chi connectivity index (χ4v) is 2.09. The summed E-state index contributed by atoms with van der Waals surface area (Å²) in [6.45, 7) is 1.69. The Morgan fingerprint density at radius 1 is 1.05 bits per heavy atom. The zero-order valence-electron chi connectivity index (χ0n) is 10.8. The highest BCUT2D eigenvalue weighted by Crippen LogP contribution is 2.30. The maximum Gasteiger partial charge on any atom is 0.336 e. The van der Waals surface area contributed by atoms with Crippen molar-refractivity contribution in [1.29, 1.82) is 0 Å². The normalized spacial score (nSPS) is 10.2. The van der Waals surface area contributed by atoms with Crippen molar-refractivity contribution in [3.05, 3.63) is 53.1 Å². The van der Waals surface area contributed by atoms with Crippen LogP contribution in [-0.4, -0.2) is 22.1 Å². The van der Waals surface area contributed by atoms with Crippen LogP contribution in [0.4, 0.5) is 0 Å². The Morgan fingerprint density at radius 3 is 2.10 bits per heavy atom. The predicted octanol–water partition coefficient (Wildman–Crippen LogP) is 2.16. The molecule has 20 heavy (non-hydrogen) atoms. The van der Waals surface area contributed by atoms with E-state index in [9.17, 15) is 19.8 Å². The monoisotopic (exact) mass is 271 g/mol. The number of amides is 1. The summed E-state index contributed by atoms with van der Waals surface area (Å²) in [5.41, 5.74) is 6.89. The molecule has 5 nitrogen and oxygen atoms in total. The summed E-state index contributed by atoms with van der Waals surface area (Å²) in [6, 6.07) is 8.96. The van der Waals surface area contributed by atoms with Gasteiger partial charge < -0.3 is 15.9 Å². The Balaban J connectivity index is 2.80. The van der Waals surface area contributed by atoms with Gasteiger partial charge in [-0.3, -0.25) is 4.79 Å². The molecule has 0 heterocycles. The maximum absolute atomic E-state index is 11.6. The number of aryl methyl sites for hydroxylation is 1. The summed E-state index contributed by atoms with van der Waals surface area (Å²) in [6.07, 6.45) is 0. The van der Waals surface area contributed by atoms with Crippen LogP contribution in [0.2, 0.25) is 0 Å². The van der Waals surface area contributed by atoms with E-state index < -0.39 is 11.9 Å². The van der Waals surface area contributed by atoms with Crippen LogP contribution >= 0.6 is 0 Å². The van der Waals surface area contributed by atoms with Crippen molar-refractivity contribution in [1.82, 2.24) is 0 Å². The highest BCUT2D eigenvalue weighted by atomic mass is 16.4. The van der Waals surface area contributed by atoms with Gasteiger partial charge in [-0.2, -0.15) is 0 Å². The molecule has 0 bridgehead atoms. The highest BCUT2D eigenvalue weighted by Gasteiger charge is 2.19. The predicted molar refractivity (Wildman–Crippen MR) is 73.8 cm³/mol. The fraction of sp³-hybridized carbons (Fsp3) is 0.0667. The lowest BCUT2D eigenvalue weighted by Crippen LogP contribution is -2.15. The zero-order chi connectivity index (χ0) is 14.9. The van der Waals surface area contributed by atoms with Crippen molar-refractivity contribution < 1.29 is 19.8 Å². The van der Waals surface area contributed by atoms with Gasteiger partial charge in [-0.05, 0) is 42.3 Å². The molecule has 0 aliphatic carbocycles. The van der Waals surface area contributed by atoms with Crippen LogP contribution in [0.5, 0.6) is 5.75 Å². The van der Waals surface area contributed by atoms with Crippen LogP contribution in [0.3, 0.4) is 0 Å². The van der Waals surface area contributed by atoms with Gasteiger partial charge in [0.2, 0.25) is 5.91 Å². The Bertz CT molecular complexity index is 655. The number of phenolic OH excluding ortho intramolecular Hbond substituents is 1. The summed E-state index contributed by atoms with van der Waals surface area (Å²) in [4.78, 5) is 23.0. The van der Waals surface area contributed by atoms with E-state index in [4.69, 9.17) is 5.73 Å². The largest absolute Gasteiger partial charge is 0.508 e. The molecule has 1 amide bonds. The molecule has 0 spiro atoms. The molecule has 4 N–H and O–H groups in total. The number of carboxylic acids is 1. The van der Waals surface area contributed by atoms with Crippen molar-refractivity contribution >= 4 is 11.9 Å². The molecule has 2 aromatic rings. The Morgan fingerprint density at radius 2 is 1.60 bits per heavy atom. The average Bonchev–Trinajstić information content (AvgIpc) is 2.38. The first-order valence-corrected chi connectivity index (χ1v) is 5.87. The van der Waals surface area contributed by atoms with Crippen molar-refractivity contribution in [3.8, 4) is 16.9 Å². The Hall–Kier alpha value is -2.82. The lowest BCUT2D eigenvalue weighted by Gasteiger charge is -2.12. The fourth-order valence-electron chi connectivity index (χ4n) is 2.09. The second kappa shape index (κ2) is 5.05. The van der Waals surface area contributed by atoms with Crippen molar-refractivity contribution in [2.45, 2.75) is 6.92 Å². The third-order valence-electron chi connectivity index (χ3n) is 2.93. The molecule has 0 atom stereocenters. The molecule has 0 fully saturated rings. The molecule has 5 heteroatoms. The van der Waals surface area contributed by atoms with Gasteiger partial charge in [-0.15, -0.1) is 0 Å². The summed E-state index contributed by atoms with van der Waals surface area (Å²) < 4.78 is 0. The third kappa shape index (κ3) is 2.47. The van der Waals surface area contributed by atoms with Crippen LogP contribution in [-0.2, 0) is 0 Å². The third-order valence-corrected chi connectivity index (χ3v) is 2.93. The first kappa shape index (κ1) is 13.6. The van der Waals surface area contributed by atoms with Gasteiger partial charge in [0.05, 0.1) is 5.56 Å². The van der Waals surface area contributed by atoms with Gasteiger partial charge in [0.25, 0.3) is 0 Å². The Kier molecular flexibility index (Phi) is 3.43. The SMILES string of the molecule is Cc1cc(C(N)=O)c(-c2ccc(O)cc2)c(C(=O)O)c1. The average molecular weight is 271 g/mol. The van der Waals surface area contributed by atoms with Gasteiger partial charge in [-0.1, -0.05) is 12.1 Å². The molecule has 102 valence electrons. The molecule has 0 saturated carbocycles. The molecule has 0 saturated heterocycles. The van der Waals surface area contributed by atoms with Crippen LogP contribution in [0, 0.1) is 6.92 Å². The van der Waals surface area contributed by atoms with E-state index in [-0.39, 0.29) is 22.4 Å². The Labute approximate surface area is 115 Å². The quantitative estimate of drug-likeness (QED) is 0.796. The number of aromatic carboxylic acids is 1. The molecule has 0 aliphatic heterocycles. The number of primary amides is 1. The van der Waals surface area contributed by atoms with E-state index >= 15 is 0 Å². The van der Waals surface area contributed by atoms with E-state index in [2.05, 4.69) is 0 Å². The lowest BCUT2D eigenvalue weighted by molar-refractivity contribution is 0.0697. The first-order chi connectivity index (χ1) is 9.40. The van der Waals surface area contributed by atoms with Crippen LogP contribution in [0.15, 0.2) is 36.4 Å². The van der Waals surface area contributed by atoms with Gasteiger partial charge >= 0.3 is 5.97 Å². The molecule has 0 radical (unpaired) electrons. The number of rotatable bonds is 3. The second-order valence-electron chi connectivity index (χ2n) is 4.45. The zero-order valence-corrected chi connectivity index (χ0v) is 10.8. The molecule has 2 aromatic carbocycles. The minimum atomic E-state index is -1.14. The number of nitrogens with two attached hydrogens (primary N) is 1. The van der Waals surface area contributed by atoms with E-state index in [1.54, 1.807) is 25.1 Å². The topological polar surface area (TPSA) is 101 Å². The minimum absolute atomic E-state index is 0.00416. The summed E-state index contributed by atoms with van der Waals surface area (Å²) in [5.74, 6) is -1.78. The van der Waals surface area contributed by atoms with Gasteiger partial charge in [0.1, 0.15) is 5.75 Å².